The Morgan fingerprint density at radius 3 is 2.13 bits per heavy atom. The van der Waals surface area contributed by atoms with Gasteiger partial charge in [0.15, 0.2) is 0 Å². The minimum absolute atomic E-state index is 0.674. The molecule has 3 nitrogen and oxygen atoms in total. The first-order valence-corrected chi connectivity index (χ1v) is 6.30. The van der Waals surface area contributed by atoms with Gasteiger partial charge in [0.1, 0.15) is 0 Å². The topological polar surface area (TPSA) is 32.5 Å². The maximum Gasteiger partial charge on any atom is 0.0113 e. The molecule has 1 atom stereocenters. The van der Waals surface area contributed by atoms with Crippen molar-refractivity contribution in [2.24, 2.45) is 11.7 Å². The quantitative estimate of drug-likeness (QED) is 0.739. The predicted octanol–water partition coefficient (Wildman–Crippen LogP) is 0.997. The summed E-state index contributed by atoms with van der Waals surface area (Å²) in [6.07, 6.45) is 1.25. The first-order valence-electron chi connectivity index (χ1n) is 6.30. The van der Waals surface area contributed by atoms with Gasteiger partial charge in [0.05, 0.1) is 0 Å². The van der Waals surface area contributed by atoms with Crippen molar-refractivity contribution in [1.82, 2.24) is 9.80 Å². The zero-order valence-corrected chi connectivity index (χ0v) is 10.6. The predicted molar refractivity (Wildman–Crippen MR) is 66.0 cm³/mol. The van der Waals surface area contributed by atoms with Crippen LogP contribution in [0.3, 0.4) is 0 Å². The molecule has 1 aliphatic rings. The lowest BCUT2D eigenvalue weighted by Gasteiger charge is -2.37. The van der Waals surface area contributed by atoms with Crippen molar-refractivity contribution in [3.05, 3.63) is 0 Å². The van der Waals surface area contributed by atoms with Crippen LogP contribution in [0.2, 0.25) is 0 Å². The van der Waals surface area contributed by atoms with Crippen molar-refractivity contribution in [1.29, 1.82) is 0 Å². The van der Waals surface area contributed by atoms with Gasteiger partial charge in [-0.25, -0.2) is 0 Å². The zero-order valence-electron chi connectivity index (χ0n) is 10.6. The van der Waals surface area contributed by atoms with Gasteiger partial charge in [-0.15, -0.1) is 0 Å². The third kappa shape index (κ3) is 4.49. The summed E-state index contributed by atoms with van der Waals surface area (Å²) in [6.45, 7) is 13.8. The Morgan fingerprint density at radius 2 is 1.67 bits per heavy atom. The fourth-order valence-corrected chi connectivity index (χ4v) is 2.02. The molecule has 0 aromatic heterocycles. The summed E-state index contributed by atoms with van der Waals surface area (Å²) in [6, 6.07) is 0.704. The van der Waals surface area contributed by atoms with Crippen LogP contribution in [-0.2, 0) is 0 Å². The van der Waals surface area contributed by atoms with Crippen LogP contribution in [0.5, 0.6) is 0 Å². The Kier molecular flexibility index (Phi) is 5.58. The molecule has 1 saturated heterocycles. The van der Waals surface area contributed by atoms with Gasteiger partial charge in [-0.3, -0.25) is 4.90 Å². The van der Waals surface area contributed by atoms with E-state index in [1.807, 2.05) is 0 Å². The van der Waals surface area contributed by atoms with Gasteiger partial charge in [-0.05, 0) is 39.3 Å². The molecule has 90 valence electrons. The number of hydrogen-bond acceptors (Lipinski definition) is 3. The third-order valence-electron chi connectivity index (χ3n) is 3.48. The molecular formula is C12H27N3. The van der Waals surface area contributed by atoms with Gasteiger partial charge in [-0.1, -0.05) is 6.92 Å². The van der Waals surface area contributed by atoms with E-state index in [4.69, 9.17) is 5.73 Å². The second kappa shape index (κ2) is 6.46. The number of rotatable bonds is 5. The van der Waals surface area contributed by atoms with Crippen LogP contribution in [0.4, 0.5) is 0 Å². The Morgan fingerprint density at radius 1 is 1.07 bits per heavy atom. The molecule has 0 saturated carbocycles. The van der Waals surface area contributed by atoms with Gasteiger partial charge < -0.3 is 10.6 Å². The van der Waals surface area contributed by atoms with Crippen LogP contribution < -0.4 is 5.73 Å². The molecule has 0 bridgehead atoms. The average Bonchev–Trinajstić information content (AvgIpc) is 2.26. The molecule has 0 aromatic carbocycles. The van der Waals surface area contributed by atoms with E-state index in [0.29, 0.717) is 12.0 Å². The highest BCUT2D eigenvalue weighted by atomic mass is 15.3. The molecule has 0 spiro atoms. The molecule has 1 heterocycles. The fourth-order valence-electron chi connectivity index (χ4n) is 2.02. The van der Waals surface area contributed by atoms with Crippen molar-refractivity contribution in [3.8, 4) is 0 Å². The van der Waals surface area contributed by atoms with E-state index in [9.17, 15) is 0 Å². The lowest BCUT2D eigenvalue weighted by molar-refractivity contribution is 0.105. The minimum atomic E-state index is 0.674. The number of nitrogens with two attached hydrogens (primary N) is 1. The van der Waals surface area contributed by atoms with Gasteiger partial charge >= 0.3 is 0 Å². The van der Waals surface area contributed by atoms with E-state index < -0.39 is 0 Å². The largest absolute Gasteiger partial charge is 0.330 e. The summed E-state index contributed by atoms with van der Waals surface area (Å²) >= 11 is 0. The summed E-state index contributed by atoms with van der Waals surface area (Å²) < 4.78 is 0. The van der Waals surface area contributed by atoms with E-state index in [1.165, 1.54) is 39.1 Å². The Balaban J connectivity index is 2.14. The highest BCUT2D eigenvalue weighted by Gasteiger charge is 2.18. The van der Waals surface area contributed by atoms with Crippen LogP contribution >= 0.6 is 0 Å². The molecule has 0 amide bonds. The van der Waals surface area contributed by atoms with Crippen molar-refractivity contribution in [3.63, 3.8) is 0 Å². The maximum atomic E-state index is 5.62. The standard InChI is InChI=1S/C12H27N3/c1-11(2)15-8-6-14(7-9-15)5-4-12(3)10-13/h11-12H,4-10,13H2,1-3H3. The van der Waals surface area contributed by atoms with Crippen LogP contribution in [0, 0.1) is 5.92 Å². The summed E-state index contributed by atoms with van der Waals surface area (Å²) in [5.41, 5.74) is 5.62. The van der Waals surface area contributed by atoms with Crippen molar-refractivity contribution in [2.75, 3.05) is 39.3 Å². The molecule has 1 unspecified atom stereocenters. The molecule has 15 heavy (non-hydrogen) atoms. The summed E-state index contributed by atoms with van der Waals surface area (Å²) in [4.78, 5) is 5.13. The fraction of sp³-hybridized carbons (Fsp3) is 1.00. The molecule has 1 fully saturated rings. The molecule has 0 radical (unpaired) electrons. The van der Waals surface area contributed by atoms with Crippen LogP contribution in [0.1, 0.15) is 27.2 Å². The van der Waals surface area contributed by atoms with Crippen LogP contribution in [0.15, 0.2) is 0 Å². The number of piperazine rings is 1. The lowest BCUT2D eigenvalue weighted by Crippen LogP contribution is -2.49. The normalized spacial score (nSPS) is 22.2. The molecule has 3 heteroatoms. The molecule has 1 aliphatic heterocycles. The molecule has 2 N–H and O–H groups in total. The maximum absolute atomic E-state index is 5.62. The molecule has 0 aliphatic carbocycles. The van der Waals surface area contributed by atoms with Gasteiger partial charge in [-0.2, -0.15) is 0 Å². The smallest absolute Gasteiger partial charge is 0.0113 e. The van der Waals surface area contributed by atoms with E-state index in [1.54, 1.807) is 0 Å². The highest BCUT2D eigenvalue weighted by Crippen LogP contribution is 2.08. The Labute approximate surface area is 94.6 Å². The first kappa shape index (κ1) is 12.9. The molecule has 1 rings (SSSR count). The molecular weight excluding hydrogens is 186 g/mol. The van der Waals surface area contributed by atoms with E-state index in [2.05, 4.69) is 30.6 Å². The SMILES string of the molecule is CC(CN)CCN1CCN(C(C)C)CC1. The monoisotopic (exact) mass is 213 g/mol. The Bertz CT molecular complexity index is 162. The summed E-state index contributed by atoms with van der Waals surface area (Å²) in [5, 5.41) is 0. The zero-order chi connectivity index (χ0) is 11.3. The van der Waals surface area contributed by atoms with Crippen molar-refractivity contribution >= 4 is 0 Å². The number of nitrogens with zero attached hydrogens (tertiary/aromatic N) is 2. The van der Waals surface area contributed by atoms with Gasteiger partial charge in [0, 0.05) is 32.2 Å². The third-order valence-corrected chi connectivity index (χ3v) is 3.48. The minimum Gasteiger partial charge on any atom is -0.330 e. The average molecular weight is 213 g/mol. The van der Waals surface area contributed by atoms with Crippen LogP contribution in [-0.4, -0.2) is 55.1 Å². The van der Waals surface area contributed by atoms with E-state index >= 15 is 0 Å². The van der Waals surface area contributed by atoms with Gasteiger partial charge in [0.25, 0.3) is 0 Å². The van der Waals surface area contributed by atoms with E-state index in [0.717, 1.165) is 6.54 Å². The summed E-state index contributed by atoms with van der Waals surface area (Å²) in [7, 11) is 0. The van der Waals surface area contributed by atoms with Crippen molar-refractivity contribution in [2.45, 2.75) is 33.2 Å². The first-order chi connectivity index (χ1) is 7.13. The lowest BCUT2D eigenvalue weighted by atomic mass is 10.1. The number of hydrogen-bond donors (Lipinski definition) is 1. The second-order valence-electron chi connectivity index (χ2n) is 5.10. The molecule has 0 aromatic rings. The second-order valence-corrected chi connectivity index (χ2v) is 5.10. The highest BCUT2D eigenvalue weighted by molar-refractivity contribution is 4.74. The summed E-state index contributed by atoms with van der Waals surface area (Å²) in [5.74, 6) is 0.674. The van der Waals surface area contributed by atoms with Gasteiger partial charge in [0.2, 0.25) is 0 Å². The van der Waals surface area contributed by atoms with Crippen LogP contribution in [0.25, 0.3) is 0 Å². The Hall–Kier alpha value is -0.120. The van der Waals surface area contributed by atoms with E-state index in [-0.39, 0.29) is 0 Å². The van der Waals surface area contributed by atoms with Crippen molar-refractivity contribution < 1.29 is 0 Å².